The van der Waals surface area contributed by atoms with Gasteiger partial charge in [0.1, 0.15) is 29.0 Å². The maximum absolute atomic E-state index is 14.2. The summed E-state index contributed by atoms with van der Waals surface area (Å²) in [5.41, 5.74) is 3.29. The van der Waals surface area contributed by atoms with Crippen LogP contribution < -0.4 is 15.2 Å². The van der Waals surface area contributed by atoms with Crippen molar-refractivity contribution >= 4 is 33.9 Å². The van der Waals surface area contributed by atoms with E-state index in [9.17, 15) is 14.3 Å². The van der Waals surface area contributed by atoms with E-state index in [1.807, 2.05) is 18.2 Å². The van der Waals surface area contributed by atoms with Gasteiger partial charge in [-0.05, 0) is 48.2 Å². The van der Waals surface area contributed by atoms with Crippen molar-refractivity contribution in [3.8, 4) is 17.0 Å². The molecular formula is C30H27FN5O3S-. The van der Waals surface area contributed by atoms with Gasteiger partial charge in [0, 0.05) is 24.2 Å². The number of amides is 1. The molecular weight excluding hydrogens is 529 g/mol. The van der Waals surface area contributed by atoms with Crippen LogP contribution in [-0.4, -0.2) is 40.4 Å². The van der Waals surface area contributed by atoms with E-state index in [0.29, 0.717) is 36.5 Å². The monoisotopic (exact) mass is 556 g/mol. The van der Waals surface area contributed by atoms with E-state index in [4.69, 9.17) is 4.74 Å². The summed E-state index contributed by atoms with van der Waals surface area (Å²) in [6.45, 7) is 0.326. The van der Waals surface area contributed by atoms with E-state index in [-0.39, 0.29) is 17.2 Å². The Morgan fingerprint density at radius 1 is 1.12 bits per heavy atom. The van der Waals surface area contributed by atoms with Crippen LogP contribution >= 0.6 is 11.3 Å². The molecule has 0 saturated heterocycles. The Hall–Kier alpha value is -4.57. The standard InChI is InChI=1S/C30H28FN5O3S/c1-39-25-11-6-9-22(31)27(25)30(38)33-14-5-4-10-23(36-29(37)26-17-32-18-40-26)28-34-16-24(35-28)21-13-12-19-7-2-3-8-20(19)15-21/h2-3,6-9,11-13,15-18,23H,4-5,10,14H2,1H3,(H,33,38)(H,34,35)(H,36,37)/p-1. The Labute approximate surface area is 234 Å². The van der Waals surface area contributed by atoms with Crippen LogP contribution in [0.5, 0.6) is 5.75 Å². The van der Waals surface area contributed by atoms with Crippen LogP contribution in [0.1, 0.15) is 46.4 Å². The second-order valence-electron chi connectivity index (χ2n) is 9.13. The molecule has 0 aliphatic carbocycles. The number of aromatic nitrogens is 3. The molecule has 0 aliphatic rings. The Morgan fingerprint density at radius 2 is 1.98 bits per heavy atom. The summed E-state index contributed by atoms with van der Waals surface area (Å²) < 4.78 is 19.3. The third-order valence-electron chi connectivity index (χ3n) is 6.50. The number of rotatable bonds is 11. The molecule has 2 heterocycles. The largest absolute Gasteiger partial charge is 0.858 e. The van der Waals surface area contributed by atoms with Crippen LogP contribution in [0, 0.1) is 5.82 Å². The molecule has 2 N–H and O–H groups in total. The van der Waals surface area contributed by atoms with Crippen molar-refractivity contribution in [3.63, 3.8) is 0 Å². The van der Waals surface area contributed by atoms with Gasteiger partial charge >= 0.3 is 0 Å². The SMILES string of the molecule is COc1cccc(F)c1C(=O)NCCCCC(N=C([O-])c1cncs1)c1ncc(-c2ccc3ccccc3c2)[nH]1. The van der Waals surface area contributed by atoms with Crippen molar-refractivity contribution in [2.75, 3.05) is 13.7 Å². The number of aliphatic imine (C=N–C) groups is 1. The number of imidazole rings is 1. The van der Waals surface area contributed by atoms with Crippen molar-refractivity contribution in [3.05, 3.63) is 101 Å². The molecule has 5 rings (SSSR count). The van der Waals surface area contributed by atoms with Crippen LogP contribution in [0.25, 0.3) is 22.0 Å². The van der Waals surface area contributed by atoms with E-state index in [0.717, 1.165) is 22.0 Å². The summed E-state index contributed by atoms with van der Waals surface area (Å²) in [4.78, 5) is 29.3. The molecule has 10 heteroatoms. The van der Waals surface area contributed by atoms with Crippen LogP contribution in [0.4, 0.5) is 4.39 Å². The second kappa shape index (κ2) is 12.5. The van der Waals surface area contributed by atoms with E-state index in [1.165, 1.54) is 36.8 Å². The Balaban J connectivity index is 1.27. The minimum Gasteiger partial charge on any atom is -0.858 e. The van der Waals surface area contributed by atoms with Gasteiger partial charge < -0.3 is 20.1 Å². The molecule has 0 spiro atoms. The number of nitrogens with one attached hydrogen (secondary N) is 2. The van der Waals surface area contributed by atoms with E-state index < -0.39 is 17.8 Å². The Bertz CT molecular complexity index is 1630. The number of thiazole rings is 1. The maximum Gasteiger partial charge on any atom is 0.258 e. The predicted molar refractivity (Wildman–Crippen MR) is 152 cm³/mol. The van der Waals surface area contributed by atoms with Gasteiger partial charge in [-0.25, -0.2) is 9.37 Å². The minimum atomic E-state index is -0.641. The lowest BCUT2D eigenvalue weighted by molar-refractivity contribution is -0.213. The lowest BCUT2D eigenvalue weighted by atomic mass is 10.1. The molecule has 0 radical (unpaired) electrons. The quantitative estimate of drug-likeness (QED) is 0.130. The van der Waals surface area contributed by atoms with Crippen molar-refractivity contribution < 1.29 is 19.0 Å². The first-order chi connectivity index (χ1) is 19.5. The second-order valence-corrected chi connectivity index (χ2v) is 10.0. The average molecular weight is 557 g/mol. The molecule has 5 aromatic rings. The predicted octanol–water partition coefficient (Wildman–Crippen LogP) is 5.28. The highest BCUT2D eigenvalue weighted by Crippen LogP contribution is 2.28. The highest BCUT2D eigenvalue weighted by Gasteiger charge is 2.18. The number of unbranched alkanes of at least 4 members (excludes halogenated alkanes) is 1. The normalized spacial score (nSPS) is 12.4. The average Bonchev–Trinajstić information content (AvgIpc) is 3.69. The number of aromatic amines is 1. The number of hydrogen-bond acceptors (Lipinski definition) is 7. The minimum absolute atomic E-state index is 0.121. The highest BCUT2D eigenvalue weighted by atomic mass is 32.1. The fraction of sp³-hybridized carbons (Fsp3) is 0.200. The number of ether oxygens (including phenoxy) is 1. The number of methoxy groups -OCH3 is 1. The van der Waals surface area contributed by atoms with Crippen molar-refractivity contribution in [2.24, 2.45) is 4.99 Å². The van der Waals surface area contributed by atoms with Gasteiger partial charge in [-0.2, -0.15) is 0 Å². The highest BCUT2D eigenvalue weighted by molar-refractivity contribution is 7.11. The Kier molecular flexibility index (Phi) is 8.46. The molecule has 2 aromatic heterocycles. The van der Waals surface area contributed by atoms with E-state index >= 15 is 0 Å². The molecule has 0 aliphatic heterocycles. The van der Waals surface area contributed by atoms with Gasteiger partial charge in [0.25, 0.3) is 5.91 Å². The number of nitrogens with zero attached hydrogens (tertiary/aromatic N) is 3. The number of fused-ring (bicyclic) bond motifs is 1. The van der Waals surface area contributed by atoms with Gasteiger partial charge in [-0.15, -0.1) is 11.3 Å². The molecule has 40 heavy (non-hydrogen) atoms. The number of halogens is 1. The molecule has 1 atom stereocenters. The van der Waals surface area contributed by atoms with Crippen LogP contribution in [0.15, 0.2) is 83.6 Å². The summed E-state index contributed by atoms with van der Waals surface area (Å²) in [5, 5.41) is 17.8. The van der Waals surface area contributed by atoms with Gasteiger partial charge in [0.2, 0.25) is 0 Å². The molecule has 204 valence electrons. The first-order valence-corrected chi connectivity index (χ1v) is 13.7. The van der Waals surface area contributed by atoms with E-state index in [2.05, 4.69) is 49.5 Å². The van der Waals surface area contributed by atoms with Gasteiger partial charge in [0.15, 0.2) is 0 Å². The molecule has 0 bridgehead atoms. The van der Waals surface area contributed by atoms with Crippen molar-refractivity contribution in [1.82, 2.24) is 20.3 Å². The number of hydrogen-bond donors (Lipinski definition) is 2. The Morgan fingerprint density at radius 3 is 2.77 bits per heavy atom. The van der Waals surface area contributed by atoms with Crippen LogP contribution in [0.3, 0.4) is 0 Å². The van der Waals surface area contributed by atoms with Crippen molar-refractivity contribution in [1.29, 1.82) is 0 Å². The number of H-pyrrole nitrogens is 1. The smallest absolute Gasteiger partial charge is 0.258 e. The lowest BCUT2D eigenvalue weighted by Crippen LogP contribution is -2.26. The number of benzene rings is 3. The lowest BCUT2D eigenvalue weighted by Gasteiger charge is -2.16. The van der Waals surface area contributed by atoms with Crippen LogP contribution in [-0.2, 0) is 0 Å². The summed E-state index contributed by atoms with van der Waals surface area (Å²) >= 11 is 1.24. The third kappa shape index (κ3) is 6.18. The number of carbonyl (C=O) groups is 1. The molecule has 3 aromatic carbocycles. The van der Waals surface area contributed by atoms with Crippen molar-refractivity contribution in [2.45, 2.75) is 25.3 Å². The van der Waals surface area contributed by atoms with Gasteiger partial charge in [-0.1, -0.05) is 42.5 Å². The maximum atomic E-state index is 14.2. The zero-order chi connectivity index (χ0) is 27.9. The number of carbonyl (C=O) groups excluding carboxylic acids is 1. The molecule has 1 amide bonds. The first kappa shape index (κ1) is 27.0. The first-order valence-electron chi connectivity index (χ1n) is 12.8. The molecule has 8 nitrogen and oxygen atoms in total. The zero-order valence-electron chi connectivity index (χ0n) is 21.8. The fourth-order valence-corrected chi connectivity index (χ4v) is 4.96. The topological polar surface area (TPSA) is 115 Å². The van der Waals surface area contributed by atoms with Gasteiger partial charge in [-0.3, -0.25) is 14.8 Å². The molecule has 0 fully saturated rings. The summed E-state index contributed by atoms with van der Waals surface area (Å²) in [7, 11) is 1.39. The van der Waals surface area contributed by atoms with Crippen LogP contribution in [0.2, 0.25) is 0 Å². The van der Waals surface area contributed by atoms with Gasteiger partial charge in [0.05, 0.1) is 29.4 Å². The molecule has 1 unspecified atom stereocenters. The van der Waals surface area contributed by atoms with E-state index in [1.54, 1.807) is 17.8 Å². The summed E-state index contributed by atoms with van der Waals surface area (Å²) in [6, 6.07) is 18.1. The summed E-state index contributed by atoms with van der Waals surface area (Å²) in [6.07, 6.45) is 5.02. The fourth-order valence-electron chi connectivity index (χ4n) is 4.45. The zero-order valence-corrected chi connectivity index (χ0v) is 22.6. The third-order valence-corrected chi connectivity index (χ3v) is 7.26. The molecule has 0 saturated carbocycles. The summed E-state index contributed by atoms with van der Waals surface area (Å²) in [5.74, 6) is -0.768.